The molecule has 5 heteroatoms. The summed E-state index contributed by atoms with van der Waals surface area (Å²) in [7, 11) is 1.53. The second-order valence-electron chi connectivity index (χ2n) is 4.21. The highest BCUT2D eigenvalue weighted by Gasteiger charge is 2.09. The normalized spacial score (nSPS) is 16.6. The van der Waals surface area contributed by atoms with E-state index in [1.165, 1.54) is 13.2 Å². The van der Waals surface area contributed by atoms with Crippen LogP contribution in [0.3, 0.4) is 0 Å². The molecule has 0 heterocycles. The van der Waals surface area contributed by atoms with Crippen LogP contribution in [0.1, 0.15) is 6.92 Å². The van der Waals surface area contributed by atoms with Crippen molar-refractivity contribution in [3.8, 4) is 5.75 Å². The number of carbonyl (C=O) groups excluding carboxylic acids is 1. The molecule has 1 aliphatic carbocycles. The fourth-order valence-corrected chi connectivity index (χ4v) is 1.72. The maximum Gasteiger partial charge on any atom is 0.181 e. The lowest BCUT2D eigenvalue weighted by Crippen LogP contribution is -2.05. The maximum atomic E-state index is 11.3. The number of nitrogen functional groups attached to an aromatic ring is 2. The van der Waals surface area contributed by atoms with Gasteiger partial charge in [-0.05, 0) is 36.8 Å². The van der Waals surface area contributed by atoms with E-state index in [1.54, 1.807) is 31.2 Å². The molecule has 1 aromatic carbocycles. The number of benzene rings is 1. The molecule has 2 rings (SSSR count). The van der Waals surface area contributed by atoms with Crippen LogP contribution in [0.25, 0.3) is 0 Å². The van der Waals surface area contributed by atoms with Crippen LogP contribution in [-0.4, -0.2) is 18.6 Å². The van der Waals surface area contributed by atoms with Crippen molar-refractivity contribution in [2.75, 3.05) is 18.6 Å². The first-order valence-corrected chi connectivity index (χ1v) is 5.73. The van der Waals surface area contributed by atoms with Gasteiger partial charge in [0.05, 0.1) is 29.9 Å². The van der Waals surface area contributed by atoms with Gasteiger partial charge in [-0.15, -0.1) is 0 Å². The Morgan fingerprint density at radius 1 is 1.16 bits per heavy atom. The fraction of sp³-hybridized carbons (Fsp3) is 0.143. The number of ether oxygens (including phenoxy) is 1. The first kappa shape index (κ1) is 12.9. The lowest BCUT2D eigenvalue weighted by molar-refractivity contribution is -0.111. The van der Waals surface area contributed by atoms with Gasteiger partial charge in [0, 0.05) is 6.07 Å². The Morgan fingerprint density at radius 2 is 1.89 bits per heavy atom. The van der Waals surface area contributed by atoms with Crippen LogP contribution in [0.15, 0.2) is 40.9 Å². The Hall–Kier alpha value is -2.56. The predicted octanol–water partition coefficient (Wildman–Crippen LogP) is 2.02. The largest absolute Gasteiger partial charge is 0.495 e. The van der Waals surface area contributed by atoms with Gasteiger partial charge in [-0.25, -0.2) is 4.99 Å². The van der Waals surface area contributed by atoms with E-state index in [4.69, 9.17) is 16.2 Å². The highest BCUT2D eigenvalue weighted by Crippen LogP contribution is 2.33. The number of hydrogen-bond acceptors (Lipinski definition) is 5. The lowest BCUT2D eigenvalue weighted by atomic mass is 10.1. The van der Waals surface area contributed by atoms with Crippen molar-refractivity contribution in [2.24, 2.45) is 4.99 Å². The molecule has 0 radical (unpaired) electrons. The summed E-state index contributed by atoms with van der Waals surface area (Å²) in [6.45, 7) is 1.74. The van der Waals surface area contributed by atoms with Crippen LogP contribution in [0.5, 0.6) is 5.75 Å². The molecule has 0 saturated heterocycles. The number of nitrogens with two attached hydrogens (primary N) is 2. The summed E-state index contributed by atoms with van der Waals surface area (Å²) in [5, 5.41) is 0. The van der Waals surface area contributed by atoms with Gasteiger partial charge in [0.25, 0.3) is 0 Å². The Kier molecular flexibility index (Phi) is 3.37. The molecule has 1 aromatic rings. The molecule has 98 valence electrons. The average molecular weight is 257 g/mol. The lowest BCUT2D eigenvalue weighted by Gasteiger charge is -2.09. The van der Waals surface area contributed by atoms with Crippen molar-refractivity contribution in [3.05, 3.63) is 35.9 Å². The van der Waals surface area contributed by atoms with Gasteiger partial charge in [-0.1, -0.05) is 0 Å². The first-order valence-electron chi connectivity index (χ1n) is 5.73. The van der Waals surface area contributed by atoms with E-state index in [0.29, 0.717) is 34.1 Å². The standard InChI is InChI=1S/C14H15N3O2/c1-8-5-9(3-4-13(8)18)17-12-7-14(19-2)11(16)6-10(12)15/h3-7H,15-16H2,1-2H3. The van der Waals surface area contributed by atoms with Crippen LogP contribution in [0.2, 0.25) is 0 Å². The third-order valence-electron chi connectivity index (χ3n) is 2.79. The predicted molar refractivity (Wildman–Crippen MR) is 76.8 cm³/mol. The molecular weight excluding hydrogens is 242 g/mol. The fourth-order valence-electron chi connectivity index (χ4n) is 1.72. The van der Waals surface area contributed by atoms with E-state index in [0.717, 1.165) is 0 Å². The zero-order valence-corrected chi connectivity index (χ0v) is 10.8. The molecule has 5 nitrogen and oxygen atoms in total. The second kappa shape index (κ2) is 4.97. The van der Waals surface area contributed by atoms with Crippen LogP contribution >= 0.6 is 0 Å². The average Bonchev–Trinajstić information content (AvgIpc) is 2.37. The Labute approximate surface area is 111 Å². The van der Waals surface area contributed by atoms with Crippen molar-refractivity contribution in [1.82, 2.24) is 0 Å². The van der Waals surface area contributed by atoms with E-state index in [9.17, 15) is 4.79 Å². The Morgan fingerprint density at radius 3 is 2.53 bits per heavy atom. The van der Waals surface area contributed by atoms with E-state index < -0.39 is 0 Å². The van der Waals surface area contributed by atoms with Crippen LogP contribution in [-0.2, 0) is 4.79 Å². The minimum absolute atomic E-state index is 0.0122. The Bertz CT molecular complexity index is 628. The van der Waals surface area contributed by atoms with Crippen molar-refractivity contribution < 1.29 is 9.53 Å². The van der Waals surface area contributed by atoms with Gasteiger partial charge in [0.15, 0.2) is 5.78 Å². The topological polar surface area (TPSA) is 90.7 Å². The highest BCUT2D eigenvalue weighted by molar-refractivity contribution is 6.19. The number of aliphatic imine (C=N–C) groups is 1. The second-order valence-corrected chi connectivity index (χ2v) is 4.21. The summed E-state index contributed by atoms with van der Waals surface area (Å²) < 4.78 is 5.13. The molecule has 4 N–H and O–H groups in total. The van der Waals surface area contributed by atoms with E-state index in [-0.39, 0.29) is 5.78 Å². The number of ketones is 1. The summed E-state index contributed by atoms with van der Waals surface area (Å²) in [5.41, 5.74) is 14.4. The molecule has 0 aliphatic heterocycles. The van der Waals surface area contributed by atoms with Crippen LogP contribution in [0.4, 0.5) is 17.1 Å². The summed E-state index contributed by atoms with van der Waals surface area (Å²) in [6, 6.07) is 3.28. The van der Waals surface area contributed by atoms with E-state index in [2.05, 4.69) is 4.99 Å². The van der Waals surface area contributed by atoms with Crippen molar-refractivity contribution in [2.45, 2.75) is 6.92 Å². The van der Waals surface area contributed by atoms with E-state index >= 15 is 0 Å². The number of anilines is 2. The summed E-state index contributed by atoms with van der Waals surface area (Å²) in [4.78, 5) is 15.7. The number of rotatable bonds is 2. The maximum absolute atomic E-state index is 11.3. The van der Waals surface area contributed by atoms with Crippen molar-refractivity contribution in [3.63, 3.8) is 0 Å². The van der Waals surface area contributed by atoms with Crippen LogP contribution in [0, 0.1) is 0 Å². The molecule has 0 atom stereocenters. The zero-order valence-electron chi connectivity index (χ0n) is 10.8. The molecule has 0 spiro atoms. The first-order chi connectivity index (χ1) is 9.01. The molecule has 0 amide bonds. The minimum Gasteiger partial charge on any atom is -0.495 e. The molecule has 0 aromatic heterocycles. The van der Waals surface area contributed by atoms with Gasteiger partial charge in [0.1, 0.15) is 5.75 Å². The summed E-state index contributed by atoms with van der Waals surface area (Å²) in [5.74, 6) is 0.506. The molecule has 1 aliphatic rings. The van der Waals surface area contributed by atoms with Crippen LogP contribution < -0.4 is 16.2 Å². The van der Waals surface area contributed by atoms with Gasteiger partial charge < -0.3 is 16.2 Å². The molecule has 19 heavy (non-hydrogen) atoms. The number of methoxy groups -OCH3 is 1. The summed E-state index contributed by atoms with van der Waals surface area (Å²) >= 11 is 0. The van der Waals surface area contributed by atoms with Crippen molar-refractivity contribution >= 4 is 28.6 Å². The number of nitrogens with zero attached hydrogens (tertiary/aromatic N) is 1. The third kappa shape index (κ3) is 2.65. The van der Waals surface area contributed by atoms with Gasteiger partial charge in [-0.2, -0.15) is 0 Å². The third-order valence-corrected chi connectivity index (χ3v) is 2.79. The number of hydrogen-bond donors (Lipinski definition) is 2. The van der Waals surface area contributed by atoms with Crippen molar-refractivity contribution in [1.29, 1.82) is 0 Å². The number of allylic oxidation sites excluding steroid dienone is 4. The quantitative estimate of drug-likeness (QED) is 0.626. The molecule has 0 bridgehead atoms. The molecule has 0 unspecified atom stereocenters. The zero-order chi connectivity index (χ0) is 14.0. The minimum atomic E-state index is -0.0122. The molecule has 0 fully saturated rings. The van der Waals surface area contributed by atoms with Gasteiger partial charge >= 0.3 is 0 Å². The van der Waals surface area contributed by atoms with E-state index in [1.807, 2.05) is 0 Å². The monoisotopic (exact) mass is 257 g/mol. The Balaban J connectivity index is 2.44. The smallest absolute Gasteiger partial charge is 0.181 e. The van der Waals surface area contributed by atoms with Gasteiger partial charge in [0.2, 0.25) is 0 Å². The SMILES string of the molecule is COc1cc(N=C2C=CC(=O)C(C)=C2)c(N)cc1N. The number of carbonyl (C=O) groups is 1. The van der Waals surface area contributed by atoms with Gasteiger partial charge in [-0.3, -0.25) is 4.79 Å². The molecular formula is C14H15N3O2. The highest BCUT2D eigenvalue weighted by atomic mass is 16.5. The summed E-state index contributed by atoms with van der Waals surface area (Å²) in [6.07, 6.45) is 4.85. The molecule has 0 saturated carbocycles.